The van der Waals surface area contributed by atoms with Gasteiger partial charge in [0, 0.05) is 24.7 Å². The fourth-order valence-corrected chi connectivity index (χ4v) is 4.93. The second-order valence-corrected chi connectivity index (χ2v) is 9.29. The predicted molar refractivity (Wildman–Crippen MR) is 137 cm³/mol. The summed E-state index contributed by atoms with van der Waals surface area (Å²) in [7, 11) is 1.81. The van der Waals surface area contributed by atoms with Crippen molar-refractivity contribution in [1.82, 2.24) is 15.6 Å². The van der Waals surface area contributed by atoms with Crippen LogP contribution in [0.1, 0.15) is 46.6 Å². The Bertz CT molecular complexity index is 1030. The highest BCUT2D eigenvalue weighted by Crippen LogP contribution is 2.34. The Morgan fingerprint density at radius 1 is 1.19 bits per heavy atom. The minimum Gasteiger partial charge on any atom is -0.398 e. The molecule has 0 atom stereocenters. The summed E-state index contributed by atoms with van der Waals surface area (Å²) in [5.74, 6) is -0.105. The fraction of sp³-hybridized carbons (Fsp3) is 0.417. The SMILES string of the molecule is C1CCCNCC1.CNc1c(C(=O)NCCc2ccc(N)c(Cl)c2)sc2nc(C)ccc12. The molecule has 1 amide bonds. The molecule has 0 unspecified atom stereocenters. The molecule has 1 aromatic carbocycles. The van der Waals surface area contributed by atoms with Crippen molar-refractivity contribution in [2.75, 3.05) is 37.7 Å². The van der Waals surface area contributed by atoms with Crippen LogP contribution in [-0.4, -0.2) is 37.6 Å². The van der Waals surface area contributed by atoms with E-state index in [-0.39, 0.29) is 5.91 Å². The quantitative estimate of drug-likeness (QED) is 0.391. The third kappa shape index (κ3) is 6.58. The number of anilines is 2. The van der Waals surface area contributed by atoms with E-state index in [2.05, 4.69) is 20.9 Å². The van der Waals surface area contributed by atoms with E-state index in [4.69, 9.17) is 17.3 Å². The van der Waals surface area contributed by atoms with Crippen LogP contribution in [0.2, 0.25) is 5.02 Å². The van der Waals surface area contributed by atoms with Crippen LogP contribution >= 0.6 is 22.9 Å². The summed E-state index contributed by atoms with van der Waals surface area (Å²) in [5, 5.41) is 10.9. The number of hydrogen-bond donors (Lipinski definition) is 4. The summed E-state index contributed by atoms with van der Waals surface area (Å²) in [5.41, 5.74) is 9.05. The average Bonchev–Trinajstić information content (AvgIpc) is 2.93. The van der Waals surface area contributed by atoms with Gasteiger partial charge in [-0.25, -0.2) is 4.98 Å². The Labute approximate surface area is 198 Å². The standard InChI is InChI=1S/C18H19ClN4OS.C6H13N/c1-10-3-5-12-15(21-2)16(25-18(12)23-10)17(24)22-8-7-11-4-6-14(20)13(19)9-11;1-2-4-6-7-5-3-1/h3-6,9,21H,7-8,20H2,1-2H3,(H,22,24);7H,1-6H2. The van der Waals surface area contributed by atoms with Crippen LogP contribution in [0.4, 0.5) is 11.4 Å². The number of nitrogens with zero attached hydrogens (tertiary/aromatic N) is 1. The molecule has 3 heterocycles. The van der Waals surface area contributed by atoms with Crippen LogP contribution in [0.25, 0.3) is 10.2 Å². The number of nitrogen functional groups attached to an aromatic ring is 1. The van der Waals surface area contributed by atoms with Gasteiger partial charge in [0.05, 0.1) is 16.4 Å². The first-order valence-corrected chi connectivity index (χ1v) is 12.3. The smallest absolute Gasteiger partial charge is 0.263 e. The third-order valence-electron chi connectivity index (χ3n) is 5.37. The first-order valence-electron chi connectivity index (χ1n) is 11.1. The molecular formula is C24H32ClN5OS. The number of aromatic nitrogens is 1. The van der Waals surface area contributed by atoms with E-state index in [1.807, 2.05) is 38.2 Å². The molecule has 0 radical (unpaired) electrons. The highest BCUT2D eigenvalue weighted by atomic mass is 35.5. The maximum absolute atomic E-state index is 12.6. The fourth-order valence-electron chi connectivity index (χ4n) is 3.58. The Morgan fingerprint density at radius 3 is 2.62 bits per heavy atom. The zero-order chi connectivity index (χ0) is 22.9. The number of carbonyl (C=O) groups excluding carboxylic acids is 1. The largest absolute Gasteiger partial charge is 0.398 e. The number of amides is 1. The van der Waals surface area contributed by atoms with Crippen molar-refractivity contribution in [1.29, 1.82) is 0 Å². The number of carbonyl (C=O) groups is 1. The van der Waals surface area contributed by atoms with Crippen LogP contribution < -0.4 is 21.7 Å². The monoisotopic (exact) mass is 473 g/mol. The number of benzene rings is 1. The molecule has 1 aliphatic heterocycles. The second kappa shape index (κ2) is 12.0. The minimum absolute atomic E-state index is 0.105. The lowest BCUT2D eigenvalue weighted by Gasteiger charge is -2.07. The van der Waals surface area contributed by atoms with Crippen molar-refractivity contribution in [2.24, 2.45) is 0 Å². The maximum Gasteiger partial charge on any atom is 0.263 e. The van der Waals surface area contributed by atoms with Crippen molar-refractivity contribution >= 4 is 50.4 Å². The molecule has 0 bridgehead atoms. The maximum atomic E-state index is 12.6. The van der Waals surface area contributed by atoms with Gasteiger partial charge in [-0.15, -0.1) is 11.3 Å². The summed E-state index contributed by atoms with van der Waals surface area (Å²) >= 11 is 7.42. The molecule has 1 fully saturated rings. The lowest BCUT2D eigenvalue weighted by Crippen LogP contribution is -2.25. The number of nitrogens with one attached hydrogen (secondary N) is 3. The van der Waals surface area contributed by atoms with E-state index in [0.717, 1.165) is 27.2 Å². The van der Waals surface area contributed by atoms with Gasteiger partial charge in [-0.1, -0.05) is 30.5 Å². The first kappa shape index (κ1) is 24.3. The zero-order valence-electron chi connectivity index (χ0n) is 18.8. The van der Waals surface area contributed by atoms with Gasteiger partial charge in [0.25, 0.3) is 5.91 Å². The van der Waals surface area contributed by atoms with Gasteiger partial charge in [0.15, 0.2) is 0 Å². The lowest BCUT2D eigenvalue weighted by molar-refractivity contribution is 0.0959. The van der Waals surface area contributed by atoms with Crippen LogP contribution in [0, 0.1) is 6.92 Å². The Morgan fingerprint density at radius 2 is 1.94 bits per heavy atom. The van der Waals surface area contributed by atoms with Gasteiger partial charge < -0.3 is 21.7 Å². The summed E-state index contributed by atoms with van der Waals surface area (Å²) in [4.78, 5) is 18.6. The molecule has 1 saturated heterocycles. The van der Waals surface area contributed by atoms with Crippen molar-refractivity contribution < 1.29 is 4.79 Å². The lowest BCUT2D eigenvalue weighted by atomic mass is 10.1. The molecule has 32 heavy (non-hydrogen) atoms. The number of pyridine rings is 1. The van der Waals surface area contributed by atoms with Crippen molar-refractivity contribution in [3.05, 3.63) is 51.5 Å². The van der Waals surface area contributed by atoms with E-state index in [1.165, 1.54) is 50.1 Å². The summed E-state index contributed by atoms with van der Waals surface area (Å²) in [6, 6.07) is 9.46. The van der Waals surface area contributed by atoms with E-state index >= 15 is 0 Å². The summed E-state index contributed by atoms with van der Waals surface area (Å²) in [6.45, 7) is 4.96. The molecule has 172 valence electrons. The highest BCUT2D eigenvalue weighted by Gasteiger charge is 2.18. The van der Waals surface area contributed by atoms with E-state index in [9.17, 15) is 4.79 Å². The number of halogens is 1. The number of nitrogens with two attached hydrogens (primary N) is 1. The summed E-state index contributed by atoms with van der Waals surface area (Å²) in [6.07, 6.45) is 6.34. The zero-order valence-corrected chi connectivity index (χ0v) is 20.3. The van der Waals surface area contributed by atoms with Gasteiger partial charge >= 0.3 is 0 Å². The summed E-state index contributed by atoms with van der Waals surface area (Å²) < 4.78 is 0. The van der Waals surface area contributed by atoms with E-state index < -0.39 is 0 Å². The number of aryl methyl sites for hydroxylation is 1. The van der Waals surface area contributed by atoms with E-state index in [0.29, 0.717) is 28.6 Å². The van der Waals surface area contributed by atoms with Gasteiger partial charge in [0.1, 0.15) is 9.71 Å². The first-order chi connectivity index (χ1) is 15.5. The van der Waals surface area contributed by atoms with Crippen molar-refractivity contribution in [2.45, 2.75) is 39.0 Å². The molecule has 0 saturated carbocycles. The Hall–Kier alpha value is -2.35. The molecule has 0 spiro atoms. The van der Waals surface area contributed by atoms with Crippen LogP contribution in [-0.2, 0) is 6.42 Å². The molecule has 2 aromatic heterocycles. The van der Waals surface area contributed by atoms with Crippen molar-refractivity contribution in [3.63, 3.8) is 0 Å². The third-order valence-corrected chi connectivity index (χ3v) is 6.80. The number of thiophene rings is 1. The van der Waals surface area contributed by atoms with Gasteiger partial charge in [0.2, 0.25) is 0 Å². The van der Waals surface area contributed by atoms with Gasteiger partial charge in [-0.3, -0.25) is 4.79 Å². The Kier molecular flexibility index (Phi) is 9.14. The van der Waals surface area contributed by atoms with Gasteiger partial charge in [-0.2, -0.15) is 0 Å². The van der Waals surface area contributed by atoms with Crippen LogP contribution in [0.5, 0.6) is 0 Å². The van der Waals surface area contributed by atoms with Crippen LogP contribution in [0.3, 0.4) is 0 Å². The molecule has 3 aromatic rings. The topological polar surface area (TPSA) is 92.1 Å². The average molecular weight is 474 g/mol. The van der Waals surface area contributed by atoms with E-state index in [1.54, 1.807) is 6.07 Å². The molecule has 0 aliphatic carbocycles. The molecule has 1 aliphatic rings. The van der Waals surface area contributed by atoms with Gasteiger partial charge in [-0.05, 0) is 69.1 Å². The number of fused-ring (bicyclic) bond motifs is 1. The molecule has 8 heteroatoms. The number of hydrogen-bond acceptors (Lipinski definition) is 6. The molecule has 4 rings (SSSR count). The normalized spacial score (nSPS) is 13.7. The van der Waals surface area contributed by atoms with Crippen molar-refractivity contribution in [3.8, 4) is 0 Å². The molecule has 5 N–H and O–H groups in total. The second-order valence-electron chi connectivity index (χ2n) is 7.89. The predicted octanol–water partition coefficient (Wildman–Crippen LogP) is 5.00. The van der Waals surface area contributed by atoms with Crippen LogP contribution in [0.15, 0.2) is 30.3 Å². The molecular weight excluding hydrogens is 442 g/mol. The minimum atomic E-state index is -0.105. The number of rotatable bonds is 5. The molecule has 6 nitrogen and oxygen atoms in total. The Balaban J connectivity index is 0.000000352. The highest BCUT2D eigenvalue weighted by molar-refractivity contribution is 7.21.